The lowest BCUT2D eigenvalue weighted by Gasteiger charge is -2.09. The van der Waals surface area contributed by atoms with Crippen LogP contribution in [-0.4, -0.2) is 23.4 Å². The Bertz CT molecular complexity index is 895. The molecule has 1 amide bonds. The Kier molecular flexibility index (Phi) is 7.08. The van der Waals surface area contributed by atoms with E-state index in [1.165, 1.54) is 24.3 Å². The van der Waals surface area contributed by atoms with Crippen molar-refractivity contribution in [1.29, 1.82) is 0 Å². The molecule has 0 aliphatic heterocycles. The van der Waals surface area contributed by atoms with E-state index in [0.717, 1.165) is 18.1 Å². The standard InChI is InChI=1S/C19H17ClN2O5/c1-2-14-5-3-4-6-16(14)21-18(23)12-27-19(24)10-8-13-7-9-15(20)17(11-13)22(25)26/h3-11H,2,12H2,1H3,(H,21,23)/b10-8+. The molecule has 0 radical (unpaired) electrons. The largest absolute Gasteiger partial charge is 0.452 e. The summed E-state index contributed by atoms with van der Waals surface area (Å²) >= 11 is 5.72. The third kappa shape index (κ3) is 5.93. The fourth-order valence-corrected chi connectivity index (χ4v) is 2.45. The van der Waals surface area contributed by atoms with E-state index in [-0.39, 0.29) is 10.7 Å². The second-order valence-corrected chi connectivity index (χ2v) is 5.88. The molecule has 2 aromatic carbocycles. The number of rotatable bonds is 7. The zero-order chi connectivity index (χ0) is 19.8. The van der Waals surface area contributed by atoms with E-state index >= 15 is 0 Å². The molecular weight excluding hydrogens is 372 g/mol. The maximum Gasteiger partial charge on any atom is 0.331 e. The van der Waals surface area contributed by atoms with Crippen molar-refractivity contribution in [1.82, 2.24) is 0 Å². The number of halogens is 1. The first kappa shape index (κ1) is 20.1. The number of hydrogen-bond acceptors (Lipinski definition) is 5. The summed E-state index contributed by atoms with van der Waals surface area (Å²) in [5, 5.41) is 13.5. The normalized spacial score (nSPS) is 10.6. The van der Waals surface area contributed by atoms with Crippen molar-refractivity contribution in [3.8, 4) is 0 Å². The van der Waals surface area contributed by atoms with Crippen LogP contribution < -0.4 is 5.32 Å². The van der Waals surface area contributed by atoms with Crippen LogP contribution in [0.1, 0.15) is 18.1 Å². The van der Waals surface area contributed by atoms with Crippen molar-refractivity contribution >= 4 is 40.9 Å². The number of nitrogens with one attached hydrogen (secondary N) is 1. The minimum absolute atomic E-state index is 0.00348. The van der Waals surface area contributed by atoms with Gasteiger partial charge in [-0.15, -0.1) is 0 Å². The van der Waals surface area contributed by atoms with Crippen LogP contribution in [0.25, 0.3) is 6.08 Å². The second-order valence-electron chi connectivity index (χ2n) is 5.47. The molecule has 140 valence electrons. The highest BCUT2D eigenvalue weighted by Gasteiger charge is 2.12. The quantitative estimate of drug-likeness (QED) is 0.334. The van der Waals surface area contributed by atoms with Crippen LogP contribution in [0.15, 0.2) is 48.5 Å². The van der Waals surface area contributed by atoms with Gasteiger partial charge in [0, 0.05) is 17.8 Å². The van der Waals surface area contributed by atoms with E-state index in [2.05, 4.69) is 5.32 Å². The molecule has 0 saturated carbocycles. The van der Waals surface area contributed by atoms with Gasteiger partial charge < -0.3 is 10.1 Å². The number of hydrogen-bond donors (Lipinski definition) is 1. The summed E-state index contributed by atoms with van der Waals surface area (Å²) in [6.07, 6.45) is 3.18. The van der Waals surface area contributed by atoms with Gasteiger partial charge in [0.05, 0.1) is 4.92 Å². The molecule has 1 N–H and O–H groups in total. The number of esters is 1. The Morgan fingerprint density at radius 3 is 2.70 bits per heavy atom. The van der Waals surface area contributed by atoms with E-state index in [0.29, 0.717) is 11.3 Å². The van der Waals surface area contributed by atoms with Crippen LogP contribution in [-0.2, 0) is 20.7 Å². The van der Waals surface area contributed by atoms with Crippen molar-refractivity contribution < 1.29 is 19.2 Å². The average molecular weight is 389 g/mol. The number of nitro groups is 1. The lowest BCUT2D eigenvalue weighted by molar-refractivity contribution is -0.384. The van der Waals surface area contributed by atoms with Crippen LogP contribution in [0.3, 0.4) is 0 Å². The molecule has 8 heteroatoms. The number of amides is 1. The maximum absolute atomic E-state index is 11.9. The smallest absolute Gasteiger partial charge is 0.331 e. The number of ether oxygens (including phenoxy) is 1. The van der Waals surface area contributed by atoms with Gasteiger partial charge in [0.1, 0.15) is 5.02 Å². The number of carbonyl (C=O) groups excluding carboxylic acids is 2. The first-order chi connectivity index (χ1) is 12.9. The highest BCUT2D eigenvalue weighted by Crippen LogP contribution is 2.25. The molecular formula is C19H17ClN2O5. The van der Waals surface area contributed by atoms with Gasteiger partial charge in [0.2, 0.25) is 0 Å². The third-order valence-corrected chi connectivity index (χ3v) is 3.92. The Morgan fingerprint density at radius 1 is 1.26 bits per heavy atom. The number of carbonyl (C=O) groups is 2. The Balaban J connectivity index is 1.90. The summed E-state index contributed by atoms with van der Waals surface area (Å²) in [4.78, 5) is 33.9. The van der Waals surface area contributed by atoms with Crippen LogP contribution in [0, 0.1) is 10.1 Å². The average Bonchev–Trinajstić information content (AvgIpc) is 2.66. The number of nitro benzene ring substituents is 1. The minimum Gasteiger partial charge on any atom is -0.452 e. The first-order valence-corrected chi connectivity index (χ1v) is 8.45. The first-order valence-electron chi connectivity index (χ1n) is 8.07. The van der Waals surface area contributed by atoms with Crippen molar-refractivity contribution in [2.75, 3.05) is 11.9 Å². The fourth-order valence-electron chi connectivity index (χ4n) is 2.26. The van der Waals surface area contributed by atoms with Crippen molar-refractivity contribution in [3.63, 3.8) is 0 Å². The van der Waals surface area contributed by atoms with E-state index in [4.69, 9.17) is 16.3 Å². The maximum atomic E-state index is 11.9. The van der Waals surface area contributed by atoms with Gasteiger partial charge in [0.25, 0.3) is 11.6 Å². The van der Waals surface area contributed by atoms with E-state index < -0.39 is 23.4 Å². The molecule has 0 aliphatic carbocycles. The molecule has 0 aromatic heterocycles. The van der Waals surface area contributed by atoms with Gasteiger partial charge in [-0.25, -0.2) is 4.79 Å². The molecule has 7 nitrogen and oxygen atoms in total. The molecule has 2 rings (SSSR count). The summed E-state index contributed by atoms with van der Waals surface area (Å²) in [5.74, 6) is -1.20. The molecule has 0 bridgehead atoms. The highest BCUT2D eigenvalue weighted by molar-refractivity contribution is 6.32. The van der Waals surface area contributed by atoms with Gasteiger partial charge >= 0.3 is 5.97 Å². The molecule has 0 spiro atoms. The Hall–Kier alpha value is -3.19. The van der Waals surface area contributed by atoms with Gasteiger partial charge in [-0.1, -0.05) is 42.8 Å². The number of aryl methyl sites for hydroxylation is 1. The molecule has 2 aromatic rings. The lowest BCUT2D eigenvalue weighted by atomic mass is 10.1. The summed E-state index contributed by atoms with van der Waals surface area (Å²) in [6, 6.07) is 11.5. The lowest BCUT2D eigenvalue weighted by Crippen LogP contribution is -2.20. The number of nitrogens with zero attached hydrogens (tertiary/aromatic N) is 1. The van der Waals surface area contributed by atoms with E-state index in [9.17, 15) is 19.7 Å². The van der Waals surface area contributed by atoms with Gasteiger partial charge in [-0.2, -0.15) is 0 Å². The Morgan fingerprint density at radius 2 is 2.00 bits per heavy atom. The molecule has 0 unspecified atom stereocenters. The van der Waals surface area contributed by atoms with Gasteiger partial charge in [-0.05, 0) is 35.8 Å². The summed E-state index contributed by atoms with van der Waals surface area (Å²) in [7, 11) is 0. The molecule has 0 fully saturated rings. The number of benzene rings is 2. The monoisotopic (exact) mass is 388 g/mol. The number of para-hydroxylation sites is 1. The van der Waals surface area contributed by atoms with Crippen LogP contribution in [0.5, 0.6) is 0 Å². The van der Waals surface area contributed by atoms with Crippen LogP contribution in [0.2, 0.25) is 5.02 Å². The fraction of sp³-hybridized carbons (Fsp3) is 0.158. The SMILES string of the molecule is CCc1ccccc1NC(=O)COC(=O)/C=C/c1ccc(Cl)c([N+](=O)[O-])c1. The Labute approximate surface area is 160 Å². The molecule has 0 aliphatic rings. The summed E-state index contributed by atoms with van der Waals surface area (Å²) in [6.45, 7) is 1.53. The molecule has 0 heterocycles. The van der Waals surface area contributed by atoms with Crippen molar-refractivity contribution in [2.45, 2.75) is 13.3 Å². The summed E-state index contributed by atoms with van der Waals surface area (Å²) < 4.78 is 4.87. The van der Waals surface area contributed by atoms with Gasteiger partial charge in [0.15, 0.2) is 6.61 Å². The van der Waals surface area contributed by atoms with Gasteiger partial charge in [-0.3, -0.25) is 14.9 Å². The topological polar surface area (TPSA) is 98.5 Å². The minimum atomic E-state index is -0.744. The molecule has 0 saturated heterocycles. The third-order valence-electron chi connectivity index (χ3n) is 3.60. The highest BCUT2D eigenvalue weighted by atomic mass is 35.5. The van der Waals surface area contributed by atoms with E-state index in [1.54, 1.807) is 12.1 Å². The zero-order valence-electron chi connectivity index (χ0n) is 14.5. The van der Waals surface area contributed by atoms with E-state index in [1.807, 2.05) is 19.1 Å². The predicted octanol–water partition coefficient (Wildman–Crippen LogP) is 4.01. The van der Waals surface area contributed by atoms with Crippen LogP contribution in [0.4, 0.5) is 11.4 Å². The van der Waals surface area contributed by atoms with Crippen molar-refractivity contribution in [3.05, 3.63) is 74.8 Å². The van der Waals surface area contributed by atoms with Crippen LogP contribution >= 0.6 is 11.6 Å². The molecule has 0 atom stereocenters. The zero-order valence-corrected chi connectivity index (χ0v) is 15.2. The predicted molar refractivity (Wildman–Crippen MR) is 103 cm³/mol. The molecule has 27 heavy (non-hydrogen) atoms. The summed E-state index contributed by atoms with van der Waals surface area (Å²) in [5.41, 5.74) is 1.79. The van der Waals surface area contributed by atoms with Crippen molar-refractivity contribution in [2.24, 2.45) is 0 Å². The number of anilines is 1. The second kappa shape index (κ2) is 9.49.